The molecule has 3 atom stereocenters. The molecule has 2 aliphatic rings. The quantitative estimate of drug-likeness (QED) is 0.670. The summed E-state index contributed by atoms with van der Waals surface area (Å²) in [5.74, 6) is 1.59. The van der Waals surface area contributed by atoms with Crippen molar-refractivity contribution in [3.8, 4) is 0 Å². The number of hydrogen-bond acceptors (Lipinski definition) is 1. The molecule has 0 aliphatic heterocycles. The van der Waals surface area contributed by atoms with Gasteiger partial charge in [0.2, 0.25) is 0 Å². The molecule has 0 heterocycles. The minimum absolute atomic E-state index is 0.204. The number of aliphatic hydroxyl groups is 1. The van der Waals surface area contributed by atoms with Crippen LogP contribution >= 0.6 is 0 Å². The molecule has 2 rings (SSSR count). The third-order valence-electron chi connectivity index (χ3n) is 4.54. The largest absolute Gasteiger partial charge is 0.395 e. The van der Waals surface area contributed by atoms with E-state index in [9.17, 15) is 5.11 Å². The molecule has 2 aliphatic carbocycles. The van der Waals surface area contributed by atoms with Gasteiger partial charge in [0.25, 0.3) is 0 Å². The molecule has 0 unspecified atom stereocenters. The van der Waals surface area contributed by atoms with Crippen LogP contribution in [-0.2, 0) is 0 Å². The lowest BCUT2D eigenvalue weighted by Gasteiger charge is -2.30. The van der Waals surface area contributed by atoms with E-state index >= 15 is 0 Å². The van der Waals surface area contributed by atoms with Gasteiger partial charge in [0.1, 0.15) is 0 Å². The molecule has 1 nitrogen and oxygen atoms in total. The summed E-state index contributed by atoms with van der Waals surface area (Å²) in [5.41, 5.74) is 1.77. The topological polar surface area (TPSA) is 20.2 Å². The SMILES string of the molecule is CC/C=C1\CC[C@H]2[C@H](C)CC[C@@]12CO. The first-order valence-corrected chi connectivity index (χ1v) is 6.05. The molecule has 0 bridgehead atoms. The Labute approximate surface area is 87.2 Å². The normalized spacial score (nSPS) is 44.6. The third-order valence-corrected chi connectivity index (χ3v) is 4.54. The van der Waals surface area contributed by atoms with Gasteiger partial charge in [-0.2, -0.15) is 0 Å². The van der Waals surface area contributed by atoms with Crippen LogP contribution in [0, 0.1) is 17.3 Å². The average molecular weight is 194 g/mol. The Balaban J connectivity index is 2.29. The summed E-state index contributed by atoms with van der Waals surface area (Å²) in [6.45, 7) is 4.94. The molecular weight excluding hydrogens is 172 g/mol. The van der Waals surface area contributed by atoms with E-state index in [0.29, 0.717) is 6.61 Å². The second-order valence-electron chi connectivity index (χ2n) is 5.11. The van der Waals surface area contributed by atoms with Gasteiger partial charge in [-0.05, 0) is 43.9 Å². The fraction of sp³-hybridized carbons (Fsp3) is 0.846. The molecule has 2 saturated carbocycles. The van der Waals surface area contributed by atoms with Gasteiger partial charge in [-0.25, -0.2) is 0 Å². The van der Waals surface area contributed by atoms with Crippen LogP contribution in [0.1, 0.15) is 46.0 Å². The fourth-order valence-electron chi connectivity index (χ4n) is 3.79. The Kier molecular flexibility index (Phi) is 2.70. The van der Waals surface area contributed by atoms with Gasteiger partial charge in [0.05, 0.1) is 6.61 Å². The molecule has 1 N–H and O–H groups in total. The predicted molar refractivity (Wildman–Crippen MR) is 59.0 cm³/mol. The average Bonchev–Trinajstić information content (AvgIpc) is 2.69. The van der Waals surface area contributed by atoms with Crippen molar-refractivity contribution < 1.29 is 5.11 Å². The van der Waals surface area contributed by atoms with Crippen molar-refractivity contribution in [1.29, 1.82) is 0 Å². The summed E-state index contributed by atoms with van der Waals surface area (Å²) in [7, 11) is 0. The third kappa shape index (κ3) is 1.25. The minimum Gasteiger partial charge on any atom is -0.395 e. The van der Waals surface area contributed by atoms with Crippen molar-refractivity contribution in [2.75, 3.05) is 6.61 Å². The standard InChI is InChI=1S/C13H22O/c1-3-4-11-5-6-12-10(2)7-8-13(11,12)9-14/h4,10,12,14H,3,5-9H2,1-2H3/b11-4+/t10-,12+,13-/m1/s1. The van der Waals surface area contributed by atoms with Crippen LogP contribution in [0.2, 0.25) is 0 Å². The van der Waals surface area contributed by atoms with Crippen molar-refractivity contribution in [3.05, 3.63) is 11.6 Å². The highest BCUT2D eigenvalue weighted by atomic mass is 16.3. The van der Waals surface area contributed by atoms with Gasteiger partial charge in [-0.3, -0.25) is 0 Å². The Morgan fingerprint density at radius 1 is 1.50 bits per heavy atom. The second kappa shape index (κ2) is 3.69. The Hall–Kier alpha value is -0.300. The van der Waals surface area contributed by atoms with E-state index in [1.165, 1.54) is 25.7 Å². The highest BCUT2D eigenvalue weighted by Gasteiger charge is 2.51. The maximum Gasteiger partial charge on any atom is 0.0527 e. The van der Waals surface area contributed by atoms with Crippen LogP contribution < -0.4 is 0 Å². The van der Waals surface area contributed by atoms with Gasteiger partial charge in [-0.1, -0.05) is 25.5 Å². The van der Waals surface area contributed by atoms with Crippen molar-refractivity contribution in [2.24, 2.45) is 17.3 Å². The maximum atomic E-state index is 9.70. The number of hydrogen-bond donors (Lipinski definition) is 1. The van der Waals surface area contributed by atoms with Crippen molar-refractivity contribution in [1.82, 2.24) is 0 Å². The highest BCUT2D eigenvalue weighted by molar-refractivity contribution is 5.24. The lowest BCUT2D eigenvalue weighted by Crippen LogP contribution is -2.28. The molecule has 80 valence electrons. The van der Waals surface area contributed by atoms with E-state index in [-0.39, 0.29) is 5.41 Å². The second-order valence-corrected chi connectivity index (χ2v) is 5.11. The zero-order valence-corrected chi connectivity index (χ0v) is 9.42. The van der Waals surface area contributed by atoms with Crippen LogP contribution in [0.3, 0.4) is 0 Å². The van der Waals surface area contributed by atoms with Gasteiger partial charge in [0.15, 0.2) is 0 Å². The highest BCUT2D eigenvalue weighted by Crippen LogP contribution is 2.59. The Morgan fingerprint density at radius 2 is 2.29 bits per heavy atom. The van der Waals surface area contributed by atoms with E-state index in [1.807, 2.05) is 0 Å². The van der Waals surface area contributed by atoms with Crippen LogP contribution in [0.25, 0.3) is 0 Å². The lowest BCUT2D eigenvalue weighted by molar-refractivity contribution is 0.127. The zero-order chi connectivity index (χ0) is 10.2. The van der Waals surface area contributed by atoms with Gasteiger partial charge < -0.3 is 5.11 Å². The molecule has 14 heavy (non-hydrogen) atoms. The smallest absolute Gasteiger partial charge is 0.0527 e. The predicted octanol–water partition coefficient (Wildman–Crippen LogP) is 3.14. The van der Waals surface area contributed by atoms with E-state index < -0.39 is 0 Å². The zero-order valence-electron chi connectivity index (χ0n) is 9.42. The summed E-state index contributed by atoms with van der Waals surface area (Å²) in [5, 5.41) is 9.70. The van der Waals surface area contributed by atoms with E-state index in [2.05, 4.69) is 19.9 Å². The molecule has 0 aromatic carbocycles. The van der Waals surface area contributed by atoms with E-state index in [1.54, 1.807) is 5.57 Å². The monoisotopic (exact) mass is 194 g/mol. The molecular formula is C13H22O. The fourth-order valence-corrected chi connectivity index (χ4v) is 3.79. The first kappa shape index (κ1) is 10.2. The van der Waals surface area contributed by atoms with E-state index in [0.717, 1.165) is 18.3 Å². The summed E-state index contributed by atoms with van der Waals surface area (Å²) < 4.78 is 0. The molecule has 0 spiro atoms. The molecule has 2 fully saturated rings. The molecule has 0 aromatic heterocycles. The first-order chi connectivity index (χ1) is 6.74. The number of aliphatic hydroxyl groups excluding tert-OH is 1. The first-order valence-electron chi connectivity index (χ1n) is 6.05. The van der Waals surface area contributed by atoms with Gasteiger partial charge in [-0.15, -0.1) is 0 Å². The Morgan fingerprint density at radius 3 is 2.93 bits per heavy atom. The molecule has 0 radical (unpaired) electrons. The molecule has 0 saturated heterocycles. The van der Waals surface area contributed by atoms with Crippen LogP contribution in [-0.4, -0.2) is 11.7 Å². The lowest BCUT2D eigenvalue weighted by atomic mass is 9.76. The number of allylic oxidation sites excluding steroid dienone is 1. The van der Waals surface area contributed by atoms with Crippen molar-refractivity contribution >= 4 is 0 Å². The summed E-state index contributed by atoms with van der Waals surface area (Å²) in [6, 6.07) is 0. The molecule has 0 amide bonds. The summed E-state index contributed by atoms with van der Waals surface area (Å²) in [6.07, 6.45) is 8.58. The molecule has 0 aromatic rings. The minimum atomic E-state index is 0.204. The summed E-state index contributed by atoms with van der Waals surface area (Å²) >= 11 is 0. The van der Waals surface area contributed by atoms with Crippen LogP contribution in [0.5, 0.6) is 0 Å². The molecule has 1 heteroatoms. The number of fused-ring (bicyclic) bond motifs is 1. The number of rotatable bonds is 2. The van der Waals surface area contributed by atoms with Crippen LogP contribution in [0.4, 0.5) is 0 Å². The van der Waals surface area contributed by atoms with E-state index in [4.69, 9.17) is 0 Å². The van der Waals surface area contributed by atoms with Crippen LogP contribution in [0.15, 0.2) is 11.6 Å². The maximum absolute atomic E-state index is 9.70. The van der Waals surface area contributed by atoms with Gasteiger partial charge >= 0.3 is 0 Å². The Bertz CT molecular complexity index is 244. The van der Waals surface area contributed by atoms with Gasteiger partial charge in [0, 0.05) is 5.41 Å². The summed E-state index contributed by atoms with van der Waals surface area (Å²) in [4.78, 5) is 0. The van der Waals surface area contributed by atoms with Crippen molar-refractivity contribution in [3.63, 3.8) is 0 Å². The van der Waals surface area contributed by atoms with Crippen molar-refractivity contribution in [2.45, 2.75) is 46.0 Å².